The highest BCUT2D eigenvalue weighted by Crippen LogP contribution is 2.41. The summed E-state index contributed by atoms with van der Waals surface area (Å²) in [4.78, 5) is 14.7. The number of phenolic OH excluding ortho intramolecular Hbond substituents is 1. The van der Waals surface area contributed by atoms with Crippen molar-refractivity contribution in [3.63, 3.8) is 0 Å². The van der Waals surface area contributed by atoms with Gasteiger partial charge >= 0.3 is 6.18 Å². The Morgan fingerprint density at radius 3 is 2.39 bits per heavy atom. The molecular weight excluding hydrogens is 418 g/mol. The first-order valence-corrected chi connectivity index (χ1v) is 8.75. The lowest BCUT2D eigenvalue weighted by Crippen LogP contribution is -2.18. The van der Waals surface area contributed by atoms with E-state index in [1.807, 2.05) is 0 Å². The number of fused-ring (bicyclic) bond motifs is 1. The zero-order valence-corrected chi connectivity index (χ0v) is 16.2. The van der Waals surface area contributed by atoms with Crippen LogP contribution in [0.5, 0.6) is 5.75 Å². The molecule has 3 rings (SSSR count). The molecule has 9 heteroatoms. The van der Waals surface area contributed by atoms with Crippen LogP contribution in [0.25, 0.3) is 22.1 Å². The summed E-state index contributed by atoms with van der Waals surface area (Å²) < 4.78 is 46.5. The molecule has 3 aromatic rings. The molecular formula is C19H14Cl2F3NO3. The Labute approximate surface area is 167 Å². The number of alkyl halides is 3. The number of aromatic hydroxyl groups is 1. The van der Waals surface area contributed by atoms with Gasteiger partial charge in [0.25, 0.3) is 0 Å². The Balaban J connectivity index is 2.47. The van der Waals surface area contributed by atoms with Crippen LogP contribution in [0.3, 0.4) is 0 Å². The van der Waals surface area contributed by atoms with Crippen LogP contribution in [0.15, 0.2) is 39.5 Å². The molecule has 0 saturated heterocycles. The maximum atomic E-state index is 13.8. The van der Waals surface area contributed by atoms with Gasteiger partial charge in [-0.05, 0) is 38.4 Å². The van der Waals surface area contributed by atoms with Gasteiger partial charge in [0.05, 0.1) is 21.5 Å². The summed E-state index contributed by atoms with van der Waals surface area (Å²) in [5, 5.41) is 10.1. The van der Waals surface area contributed by atoms with Crippen molar-refractivity contribution in [3.8, 4) is 16.9 Å². The molecule has 0 aliphatic rings. The fourth-order valence-corrected chi connectivity index (χ4v) is 3.41. The van der Waals surface area contributed by atoms with Crippen LogP contribution in [0.4, 0.5) is 13.2 Å². The van der Waals surface area contributed by atoms with Crippen molar-refractivity contribution in [2.45, 2.75) is 12.7 Å². The highest BCUT2D eigenvalue weighted by Gasteiger charge is 2.40. The first-order chi connectivity index (χ1) is 13.0. The van der Waals surface area contributed by atoms with Gasteiger partial charge in [-0.3, -0.25) is 4.79 Å². The van der Waals surface area contributed by atoms with Crippen molar-refractivity contribution in [2.75, 3.05) is 14.1 Å². The molecule has 2 aromatic carbocycles. The summed E-state index contributed by atoms with van der Waals surface area (Å²) in [6.45, 7) is 0.0739. The number of nitrogens with zero attached hydrogens (tertiary/aromatic N) is 1. The van der Waals surface area contributed by atoms with E-state index in [0.717, 1.165) is 0 Å². The van der Waals surface area contributed by atoms with Gasteiger partial charge in [0.2, 0.25) is 11.2 Å². The lowest BCUT2D eigenvalue weighted by Gasteiger charge is -2.17. The van der Waals surface area contributed by atoms with E-state index in [4.69, 9.17) is 27.6 Å². The van der Waals surface area contributed by atoms with E-state index in [-0.39, 0.29) is 44.4 Å². The molecule has 1 aromatic heterocycles. The molecule has 0 bridgehead atoms. The van der Waals surface area contributed by atoms with Crippen molar-refractivity contribution in [1.29, 1.82) is 0 Å². The molecule has 0 atom stereocenters. The Hall–Kier alpha value is -2.22. The highest BCUT2D eigenvalue weighted by molar-refractivity contribution is 6.36. The SMILES string of the molecule is CN(C)Cc1c(O)ccc2c(=O)c(-c3ccc(Cl)cc3Cl)c(C(F)(F)F)oc12. The van der Waals surface area contributed by atoms with Gasteiger partial charge in [-0.2, -0.15) is 13.2 Å². The first-order valence-electron chi connectivity index (χ1n) is 7.99. The second-order valence-corrected chi connectivity index (χ2v) is 7.28. The van der Waals surface area contributed by atoms with Gasteiger partial charge in [-0.1, -0.05) is 29.3 Å². The number of hydrogen-bond donors (Lipinski definition) is 1. The van der Waals surface area contributed by atoms with Crippen LogP contribution in [-0.4, -0.2) is 24.1 Å². The summed E-state index contributed by atoms with van der Waals surface area (Å²) in [5.74, 6) is -1.76. The lowest BCUT2D eigenvalue weighted by atomic mass is 10.00. The van der Waals surface area contributed by atoms with Crippen LogP contribution in [-0.2, 0) is 12.7 Å². The van der Waals surface area contributed by atoms with E-state index < -0.39 is 22.9 Å². The first kappa shape index (κ1) is 20.5. The van der Waals surface area contributed by atoms with Gasteiger partial charge in [-0.25, -0.2) is 0 Å². The molecule has 0 unspecified atom stereocenters. The second-order valence-electron chi connectivity index (χ2n) is 6.43. The minimum Gasteiger partial charge on any atom is -0.507 e. The van der Waals surface area contributed by atoms with E-state index in [2.05, 4.69) is 0 Å². The molecule has 0 aliphatic heterocycles. The number of hydrogen-bond acceptors (Lipinski definition) is 4. The van der Waals surface area contributed by atoms with Crippen molar-refractivity contribution in [3.05, 3.63) is 61.9 Å². The molecule has 0 fully saturated rings. The molecule has 4 nitrogen and oxygen atoms in total. The monoisotopic (exact) mass is 431 g/mol. The molecule has 0 saturated carbocycles. The third kappa shape index (κ3) is 3.70. The lowest BCUT2D eigenvalue weighted by molar-refractivity contribution is -0.152. The average molecular weight is 432 g/mol. The maximum absolute atomic E-state index is 13.8. The summed E-state index contributed by atoms with van der Waals surface area (Å²) in [7, 11) is 3.34. The van der Waals surface area contributed by atoms with Crippen LogP contribution in [0.2, 0.25) is 10.0 Å². The minimum atomic E-state index is -4.97. The largest absolute Gasteiger partial charge is 0.507 e. The van der Waals surface area contributed by atoms with Crippen LogP contribution < -0.4 is 5.43 Å². The zero-order valence-electron chi connectivity index (χ0n) is 14.7. The summed E-state index contributed by atoms with van der Waals surface area (Å²) in [6, 6.07) is 6.29. The Bertz CT molecular complexity index is 1120. The molecule has 0 radical (unpaired) electrons. The molecule has 148 valence electrons. The molecule has 0 spiro atoms. The quantitative estimate of drug-likeness (QED) is 0.590. The normalized spacial score (nSPS) is 12.1. The number of rotatable bonds is 3. The van der Waals surface area contributed by atoms with Crippen molar-refractivity contribution in [1.82, 2.24) is 4.90 Å². The van der Waals surface area contributed by atoms with Crippen LogP contribution in [0, 0.1) is 0 Å². The molecule has 1 N–H and O–H groups in total. The second kappa shape index (κ2) is 7.31. The van der Waals surface area contributed by atoms with Gasteiger partial charge in [0.1, 0.15) is 11.3 Å². The third-order valence-corrected chi connectivity index (χ3v) is 4.62. The van der Waals surface area contributed by atoms with Gasteiger partial charge in [0, 0.05) is 17.1 Å². The Morgan fingerprint density at radius 2 is 1.82 bits per heavy atom. The molecule has 0 aliphatic carbocycles. The predicted molar refractivity (Wildman–Crippen MR) is 102 cm³/mol. The minimum absolute atomic E-state index is 0.0739. The van der Waals surface area contributed by atoms with Gasteiger partial charge < -0.3 is 14.4 Å². The van der Waals surface area contributed by atoms with E-state index in [0.29, 0.717) is 0 Å². The topological polar surface area (TPSA) is 53.7 Å². The standard InChI is InChI=1S/C19H14Cl2F3NO3/c1-25(2)8-12-14(26)6-5-11-16(27)15(10-4-3-9(20)7-13(10)21)18(19(22,23)24)28-17(11)12/h3-7,26H,8H2,1-2H3. The highest BCUT2D eigenvalue weighted by atomic mass is 35.5. The van der Waals surface area contributed by atoms with Crippen molar-refractivity contribution < 1.29 is 22.7 Å². The van der Waals surface area contributed by atoms with E-state index >= 15 is 0 Å². The number of halogens is 5. The van der Waals surface area contributed by atoms with E-state index in [1.54, 1.807) is 19.0 Å². The predicted octanol–water partition coefficient (Wildman–Crippen LogP) is 5.55. The third-order valence-electron chi connectivity index (χ3n) is 4.07. The summed E-state index contributed by atoms with van der Waals surface area (Å²) in [6.07, 6.45) is -4.97. The van der Waals surface area contributed by atoms with E-state index in [9.17, 15) is 23.1 Å². The fourth-order valence-electron chi connectivity index (χ4n) is 2.91. The van der Waals surface area contributed by atoms with Crippen molar-refractivity contribution in [2.24, 2.45) is 0 Å². The number of phenols is 1. The van der Waals surface area contributed by atoms with E-state index in [1.165, 1.54) is 30.3 Å². The number of benzene rings is 2. The molecule has 28 heavy (non-hydrogen) atoms. The van der Waals surface area contributed by atoms with Gasteiger partial charge in [-0.15, -0.1) is 0 Å². The van der Waals surface area contributed by atoms with Gasteiger partial charge in [0.15, 0.2) is 0 Å². The molecule has 0 amide bonds. The Kier molecular flexibility index (Phi) is 5.36. The average Bonchev–Trinajstić information content (AvgIpc) is 2.57. The van der Waals surface area contributed by atoms with Crippen LogP contribution in [0.1, 0.15) is 11.3 Å². The maximum Gasteiger partial charge on any atom is 0.450 e. The smallest absolute Gasteiger partial charge is 0.450 e. The summed E-state index contributed by atoms with van der Waals surface area (Å²) in [5.41, 5.74) is -1.99. The Morgan fingerprint density at radius 1 is 1.14 bits per heavy atom. The fraction of sp³-hybridized carbons (Fsp3) is 0.211. The summed E-state index contributed by atoms with van der Waals surface area (Å²) >= 11 is 11.9. The van der Waals surface area contributed by atoms with Crippen LogP contribution >= 0.6 is 23.2 Å². The zero-order chi connectivity index (χ0) is 20.8. The van der Waals surface area contributed by atoms with Crippen molar-refractivity contribution >= 4 is 34.2 Å². The molecule has 1 heterocycles.